The van der Waals surface area contributed by atoms with Gasteiger partial charge in [-0.2, -0.15) is 13.2 Å². The fourth-order valence-corrected chi connectivity index (χ4v) is 2.84. The molecule has 2 rings (SSSR count). The predicted molar refractivity (Wildman–Crippen MR) is 83.1 cm³/mol. The Morgan fingerprint density at radius 2 is 1.52 bits per heavy atom. The summed E-state index contributed by atoms with van der Waals surface area (Å²) in [6.45, 7) is 0. The van der Waals surface area contributed by atoms with Gasteiger partial charge in [0.1, 0.15) is 0 Å². The van der Waals surface area contributed by atoms with Crippen LogP contribution in [0.4, 0.5) is 13.2 Å². The van der Waals surface area contributed by atoms with Gasteiger partial charge in [0, 0.05) is 10.4 Å². The van der Waals surface area contributed by atoms with E-state index in [1.807, 2.05) is 24.3 Å². The summed E-state index contributed by atoms with van der Waals surface area (Å²) in [5, 5.41) is 1.40. The van der Waals surface area contributed by atoms with E-state index < -0.39 is 11.7 Å². The van der Waals surface area contributed by atoms with Gasteiger partial charge in [-0.1, -0.05) is 51.8 Å². The summed E-state index contributed by atoms with van der Waals surface area (Å²) in [4.78, 5) is 0. The lowest BCUT2D eigenvalue weighted by molar-refractivity contribution is -0.137. The average Bonchev–Trinajstić information content (AvgIpc) is 2.45. The largest absolute Gasteiger partial charge is 0.416 e. The second-order valence-electron chi connectivity index (χ2n) is 4.80. The van der Waals surface area contributed by atoms with E-state index in [1.54, 1.807) is 0 Å². The summed E-state index contributed by atoms with van der Waals surface area (Å²) in [5.74, 6) is 0.194. The fourth-order valence-electron chi connectivity index (χ4n) is 2.11. The molecule has 0 bridgehead atoms. The lowest BCUT2D eigenvalue weighted by Crippen LogP contribution is -2.07. The predicted octanol–water partition coefficient (Wildman–Crippen LogP) is 6.08. The van der Waals surface area contributed by atoms with Crippen LogP contribution in [0.1, 0.15) is 22.6 Å². The molecule has 0 radical (unpaired) electrons. The van der Waals surface area contributed by atoms with Gasteiger partial charge in [-0.05, 0) is 47.7 Å². The van der Waals surface area contributed by atoms with E-state index in [1.165, 1.54) is 12.1 Å². The van der Waals surface area contributed by atoms with E-state index in [0.29, 0.717) is 11.4 Å². The summed E-state index contributed by atoms with van der Waals surface area (Å²) in [6.07, 6.45) is -3.62. The molecule has 112 valence electrons. The third kappa shape index (κ3) is 4.48. The van der Waals surface area contributed by atoms with Gasteiger partial charge in [0.05, 0.1) is 5.56 Å². The highest BCUT2D eigenvalue weighted by atomic mass is 79.9. The highest BCUT2D eigenvalue weighted by Crippen LogP contribution is 2.30. The fraction of sp³-hybridized carbons (Fsp3) is 0.250. The van der Waals surface area contributed by atoms with Crippen molar-refractivity contribution in [1.29, 1.82) is 0 Å². The van der Waals surface area contributed by atoms with Gasteiger partial charge in [-0.15, -0.1) is 0 Å². The summed E-state index contributed by atoms with van der Waals surface area (Å²) in [5.41, 5.74) is 1.37. The van der Waals surface area contributed by atoms with Crippen LogP contribution in [0.2, 0.25) is 5.02 Å². The van der Waals surface area contributed by atoms with Crippen LogP contribution in [-0.2, 0) is 12.6 Å². The first kappa shape index (κ1) is 16.4. The van der Waals surface area contributed by atoms with E-state index >= 15 is 0 Å². The molecule has 0 saturated carbocycles. The molecule has 5 heteroatoms. The van der Waals surface area contributed by atoms with Gasteiger partial charge in [0.2, 0.25) is 0 Å². The minimum Gasteiger partial charge on any atom is -0.166 e. The van der Waals surface area contributed by atoms with E-state index in [4.69, 9.17) is 11.6 Å². The molecule has 0 aliphatic carbocycles. The van der Waals surface area contributed by atoms with Crippen LogP contribution in [0.25, 0.3) is 0 Å². The Morgan fingerprint density at radius 1 is 0.952 bits per heavy atom. The van der Waals surface area contributed by atoms with Gasteiger partial charge in [0.25, 0.3) is 0 Å². The van der Waals surface area contributed by atoms with Crippen molar-refractivity contribution < 1.29 is 13.2 Å². The van der Waals surface area contributed by atoms with Gasteiger partial charge in [-0.25, -0.2) is 0 Å². The molecule has 0 aliphatic heterocycles. The minimum absolute atomic E-state index is 0.194. The SMILES string of the molecule is FC(F)(F)c1ccc(CC(CBr)c2ccc(Cl)cc2)cc1. The van der Waals surface area contributed by atoms with Crippen LogP contribution in [0.3, 0.4) is 0 Å². The summed E-state index contributed by atoms with van der Waals surface area (Å²) in [6, 6.07) is 12.9. The lowest BCUT2D eigenvalue weighted by atomic mass is 9.93. The first-order valence-electron chi connectivity index (χ1n) is 6.37. The maximum Gasteiger partial charge on any atom is 0.416 e. The minimum atomic E-state index is -4.29. The van der Waals surface area contributed by atoms with Gasteiger partial charge < -0.3 is 0 Å². The highest BCUT2D eigenvalue weighted by Gasteiger charge is 2.30. The molecule has 0 saturated heterocycles. The van der Waals surface area contributed by atoms with Gasteiger partial charge >= 0.3 is 6.18 Å². The molecule has 21 heavy (non-hydrogen) atoms. The molecular formula is C16H13BrClF3. The van der Waals surface area contributed by atoms with Crippen molar-refractivity contribution in [2.45, 2.75) is 18.5 Å². The Morgan fingerprint density at radius 3 is 2.00 bits per heavy atom. The number of hydrogen-bond donors (Lipinski definition) is 0. The van der Waals surface area contributed by atoms with Gasteiger partial charge in [0.15, 0.2) is 0 Å². The van der Waals surface area contributed by atoms with Crippen molar-refractivity contribution in [2.75, 3.05) is 5.33 Å². The normalized spacial score (nSPS) is 13.2. The van der Waals surface area contributed by atoms with Crippen molar-refractivity contribution in [1.82, 2.24) is 0 Å². The highest BCUT2D eigenvalue weighted by molar-refractivity contribution is 9.09. The Kier molecular flexibility index (Phi) is 5.33. The maximum atomic E-state index is 12.5. The quantitative estimate of drug-likeness (QED) is 0.566. The van der Waals surface area contributed by atoms with Crippen molar-refractivity contribution >= 4 is 27.5 Å². The zero-order valence-electron chi connectivity index (χ0n) is 11.0. The molecule has 0 amide bonds. The number of alkyl halides is 4. The topological polar surface area (TPSA) is 0 Å². The van der Waals surface area contributed by atoms with E-state index in [2.05, 4.69) is 15.9 Å². The third-order valence-electron chi connectivity index (χ3n) is 3.29. The standard InChI is InChI=1S/C16H13BrClF3/c17-10-13(12-3-7-15(18)8-4-12)9-11-1-5-14(6-2-11)16(19,20)21/h1-8,13H,9-10H2. The third-order valence-corrected chi connectivity index (χ3v) is 4.32. The van der Waals surface area contributed by atoms with Crippen molar-refractivity contribution in [3.05, 3.63) is 70.2 Å². The molecule has 0 aromatic heterocycles. The molecule has 0 spiro atoms. The summed E-state index contributed by atoms with van der Waals surface area (Å²) < 4.78 is 37.6. The van der Waals surface area contributed by atoms with Crippen LogP contribution < -0.4 is 0 Å². The number of hydrogen-bond acceptors (Lipinski definition) is 0. The van der Waals surface area contributed by atoms with Crippen molar-refractivity contribution in [2.24, 2.45) is 0 Å². The first-order valence-corrected chi connectivity index (χ1v) is 7.87. The molecule has 1 unspecified atom stereocenters. The van der Waals surface area contributed by atoms with Gasteiger partial charge in [-0.3, -0.25) is 0 Å². The average molecular weight is 378 g/mol. The maximum absolute atomic E-state index is 12.5. The number of benzene rings is 2. The van der Waals surface area contributed by atoms with Crippen LogP contribution in [-0.4, -0.2) is 5.33 Å². The Bertz CT molecular complexity index is 576. The molecule has 0 N–H and O–H groups in total. The molecule has 0 fully saturated rings. The van der Waals surface area contributed by atoms with Crippen LogP contribution in [0.15, 0.2) is 48.5 Å². The zero-order chi connectivity index (χ0) is 15.5. The summed E-state index contributed by atoms with van der Waals surface area (Å²) in [7, 11) is 0. The van der Waals surface area contributed by atoms with Crippen molar-refractivity contribution in [3.63, 3.8) is 0 Å². The van der Waals surface area contributed by atoms with E-state index in [0.717, 1.165) is 28.6 Å². The molecule has 0 nitrogen and oxygen atoms in total. The second kappa shape index (κ2) is 6.84. The number of halogens is 5. The Labute approximate surface area is 135 Å². The zero-order valence-corrected chi connectivity index (χ0v) is 13.3. The van der Waals surface area contributed by atoms with E-state index in [9.17, 15) is 13.2 Å². The van der Waals surface area contributed by atoms with E-state index in [-0.39, 0.29) is 5.92 Å². The Balaban J connectivity index is 2.13. The molecule has 0 aliphatic rings. The van der Waals surface area contributed by atoms with Crippen LogP contribution >= 0.6 is 27.5 Å². The molecular weight excluding hydrogens is 365 g/mol. The molecule has 2 aromatic carbocycles. The summed E-state index contributed by atoms with van der Waals surface area (Å²) >= 11 is 9.32. The molecule has 0 heterocycles. The monoisotopic (exact) mass is 376 g/mol. The second-order valence-corrected chi connectivity index (χ2v) is 5.89. The van der Waals surface area contributed by atoms with Crippen LogP contribution in [0.5, 0.6) is 0 Å². The van der Waals surface area contributed by atoms with Crippen LogP contribution in [0, 0.1) is 0 Å². The Hall–Kier alpha value is -1.00. The lowest BCUT2D eigenvalue weighted by Gasteiger charge is -2.15. The van der Waals surface area contributed by atoms with Crippen molar-refractivity contribution in [3.8, 4) is 0 Å². The molecule has 1 atom stereocenters. The number of rotatable bonds is 4. The molecule has 2 aromatic rings. The smallest absolute Gasteiger partial charge is 0.166 e. The first-order chi connectivity index (χ1) is 9.90.